The van der Waals surface area contributed by atoms with Crippen LogP contribution in [-0.2, 0) is 0 Å². The van der Waals surface area contributed by atoms with E-state index in [1.165, 1.54) is 5.57 Å². The SMILES string of the molecule is C=C/C(=c1/cccnc1=C)C(C)C. The van der Waals surface area contributed by atoms with Crippen LogP contribution in [0.3, 0.4) is 0 Å². The van der Waals surface area contributed by atoms with E-state index in [9.17, 15) is 0 Å². The molecule has 1 rings (SSSR count). The fraction of sp³-hybridized carbons (Fsp3) is 0.250. The van der Waals surface area contributed by atoms with Crippen molar-refractivity contribution in [2.24, 2.45) is 5.92 Å². The predicted molar refractivity (Wildman–Crippen MR) is 57.5 cm³/mol. The van der Waals surface area contributed by atoms with Crippen molar-refractivity contribution in [3.05, 3.63) is 41.6 Å². The van der Waals surface area contributed by atoms with E-state index in [0.717, 1.165) is 10.6 Å². The Labute approximate surface area is 79.1 Å². The number of aromatic nitrogens is 1. The van der Waals surface area contributed by atoms with E-state index in [0.29, 0.717) is 5.92 Å². The fourth-order valence-corrected chi connectivity index (χ4v) is 1.36. The second-order valence-corrected chi connectivity index (χ2v) is 3.31. The molecule has 0 aliphatic heterocycles. The van der Waals surface area contributed by atoms with E-state index < -0.39 is 0 Å². The molecule has 68 valence electrons. The molecule has 1 aromatic rings. The first-order valence-electron chi connectivity index (χ1n) is 4.43. The summed E-state index contributed by atoms with van der Waals surface area (Å²) >= 11 is 0. The minimum Gasteiger partial charge on any atom is -0.257 e. The van der Waals surface area contributed by atoms with E-state index in [2.05, 4.69) is 32.0 Å². The van der Waals surface area contributed by atoms with Gasteiger partial charge in [-0.15, -0.1) is 0 Å². The van der Waals surface area contributed by atoms with E-state index in [1.807, 2.05) is 18.2 Å². The van der Waals surface area contributed by atoms with Crippen molar-refractivity contribution in [3.8, 4) is 0 Å². The highest BCUT2D eigenvalue weighted by atomic mass is 14.6. The molecular weight excluding hydrogens is 158 g/mol. The largest absolute Gasteiger partial charge is 0.257 e. The van der Waals surface area contributed by atoms with Gasteiger partial charge in [0.1, 0.15) is 0 Å². The van der Waals surface area contributed by atoms with Gasteiger partial charge < -0.3 is 0 Å². The van der Waals surface area contributed by atoms with Crippen LogP contribution in [0.1, 0.15) is 13.8 Å². The van der Waals surface area contributed by atoms with Crippen molar-refractivity contribution < 1.29 is 0 Å². The van der Waals surface area contributed by atoms with Gasteiger partial charge in [0.2, 0.25) is 0 Å². The van der Waals surface area contributed by atoms with Gasteiger partial charge in [0.15, 0.2) is 0 Å². The zero-order valence-corrected chi connectivity index (χ0v) is 8.25. The van der Waals surface area contributed by atoms with E-state index >= 15 is 0 Å². The molecule has 0 unspecified atom stereocenters. The molecule has 0 aliphatic carbocycles. The van der Waals surface area contributed by atoms with Crippen LogP contribution in [0.4, 0.5) is 0 Å². The molecule has 0 N–H and O–H groups in total. The number of allylic oxidation sites excluding steroid dienone is 1. The van der Waals surface area contributed by atoms with Crippen LogP contribution in [0, 0.1) is 5.92 Å². The van der Waals surface area contributed by atoms with E-state index in [1.54, 1.807) is 6.20 Å². The van der Waals surface area contributed by atoms with Crippen LogP contribution >= 0.6 is 0 Å². The normalized spacial score (nSPS) is 12.8. The standard InChI is InChI=1S/C12H15N/c1-5-11(9(2)3)12-7-6-8-13-10(12)4/h5-9H,1,4H2,2-3H3/b12-11+. The number of nitrogens with zero attached hydrogens (tertiary/aromatic N) is 1. The minimum atomic E-state index is 0.460. The molecule has 0 bridgehead atoms. The van der Waals surface area contributed by atoms with Gasteiger partial charge in [0.25, 0.3) is 0 Å². The van der Waals surface area contributed by atoms with Gasteiger partial charge in [0.05, 0.1) is 5.35 Å². The number of rotatable bonds is 2. The number of hydrogen-bond acceptors (Lipinski definition) is 1. The summed E-state index contributed by atoms with van der Waals surface area (Å²) in [6.45, 7) is 12.0. The van der Waals surface area contributed by atoms with Crippen LogP contribution in [0.5, 0.6) is 0 Å². The quantitative estimate of drug-likeness (QED) is 0.660. The van der Waals surface area contributed by atoms with E-state index in [4.69, 9.17) is 0 Å². The summed E-state index contributed by atoms with van der Waals surface area (Å²) in [4.78, 5) is 4.15. The van der Waals surface area contributed by atoms with Gasteiger partial charge in [-0.3, -0.25) is 4.98 Å². The highest BCUT2D eigenvalue weighted by Gasteiger charge is 1.99. The van der Waals surface area contributed by atoms with Crippen LogP contribution in [-0.4, -0.2) is 4.98 Å². The molecule has 1 aromatic heterocycles. The predicted octanol–water partition coefficient (Wildman–Crippen LogP) is 1.48. The third kappa shape index (κ3) is 2.05. The molecule has 0 fully saturated rings. The molecule has 1 nitrogen and oxygen atoms in total. The summed E-state index contributed by atoms with van der Waals surface area (Å²) in [6.07, 6.45) is 3.64. The zero-order chi connectivity index (χ0) is 9.84. The van der Waals surface area contributed by atoms with Gasteiger partial charge in [0, 0.05) is 11.4 Å². The summed E-state index contributed by atoms with van der Waals surface area (Å²) in [5, 5.41) is 1.93. The van der Waals surface area contributed by atoms with Crippen molar-refractivity contribution >= 4 is 12.2 Å². The van der Waals surface area contributed by atoms with Gasteiger partial charge in [-0.2, -0.15) is 0 Å². The maximum Gasteiger partial charge on any atom is 0.0633 e. The number of hydrogen-bond donors (Lipinski definition) is 0. The Bertz CT molecular complexity index is 401. The molecule has 0 radical (unpaired) electrons. The molecule has 0 spiro atoms. The van der Waals surface area contributed by atoms with Crippen molar-refractivity contribution in [3.63, 3.8) is 0 Å². The Morgan fingerprint density at radius 1 is 1.54 bits per heavy atom. The maximum atomic E-state index is 4.15. The molecular formula is C12H15N. The third-order valence-corrected chi connectivity index (χ3v) is 2.04. The molecule has 0 aromatic carbocycles. The first-order chi connectivity index (χ1) is 6.16. The van der Waals surface area contributed by atoms with Gasteiger partial charge in [-0.25, -0.2) is 0 Å². The summed E-state index contributed by atoms with van der Waals surface area (Å²) in [5.41, 5.74) is 1.21. The summed E-state index contributed by atoms with van der Waals surface area (Å²) in [5.74, 6) is 0.460. The molecule has 0 atom stereocenters. The lowest BCUT2D eigenvalue weighted by molar-refractivity contribution is 0.854. The van der Waals surface area contributed by atoms with Gasteiger partial charge in [-0.1, -0.05) is 39.1 Å². The van der Waals surface area contributed by atoms with Crippen molar-refractivity contribution in [1.82, 2.24) is 4.98 Å². The average Bonchev–Trinajstić information content (AvgIpc) is 2.09. The van der Waals surface area contributed by atoms with Crippen molar-refractivity contribution in [2.45, 2.75) is 13.8 Å². The van der Waals surface area contributed by atoms with E-state index in [-0.39, 0.29) is 0 Å². The minimum absolute atomic E-state index is 0.460. The summed E-state index contributed by atoms with van der Waals surface area (Å²) in [6, 6.07) is 3.96. The number of pyridine rings is 1. The molecule has 1 heteroatoms. The van der Waals surface area contributed by atoms with Crippen LogP contribution < -0.4 is 10.6 Å². The van der Waals surface area contributed by atoms with Crippen LogP contribution in [0.2, 0.25) is 0 Å². The van der Waals surface area contributed by atoms with Crippen LogP contribution in [0.25, 0.3) is 12.2 Å². The Morgan fingerprint density at radius 3 is 2.69 bits per heavy atom. The highest BCUT2D eigenvalue weighted by Crippen LogP contribution is 2.08. The molecule has 0 amide bonds. The smallest absolute Gasteiger partial charge is 0.0633 e. The lowest BCUT2D eigenvalue weighted by Gasteiger charge is -2.05. The fourth-order valence-electron chi connectivity index (χ4n) is 1.36. The third-order valence-electron chi connectivity index (χ3n) is 2.04. The zero-order valence-electron chi connectivity index (χ0n) is 8.25. The average molecular weight is 173 g/mol. The summed E-state index contributed by atoms with van der Waals surface area (Å²) < 4.78 is 0. The Hall–Kier alpha value is -1.37. The second kappa shape index (κ2) is 4.04. The molecule has 0 saturated heterocycles. The van der Waals surface area contributed by atoms with Crippen LogP contribution in [0.15, 0.2) is 31.0 Å². The van der Waals surface area contributed by atoms with Crippen molar-refractivity contribution in [1.29, 1.82) is 0 Å². The first-order valence-corrected chi connectivity index (χ1v) is 4.43. The topological polar surface area (TPSA) is 12.9 Å². The molecule has 0 saturated carbocycles. The monoisotopic (exact) mass is 173 g/mol. The molecule has 0 aliphatic rings. The summed E-state index contributed by atoms with van der Waals surface area (Å²) in [7, 11) is 0. The van der Waals surface area contributed by atoms with Gasteiger partial charge >= 0.3 is 0 Å². The Balaban J connectivity index is 3.55. The first kappa shape index (κ1) is 9.72. The Morgan fingerprint density at radius 2 is 2.23 bits per heavy atom. The van der Waals surface area contributed by atoms with Gasteiger partial charge in [-0.05, 0) is 17.6 Å². The van der Waals surface area contributed by atoms with Crippen molar-refractivity contribution in [2.75, 3.05) is 0 Å². The highest BCUT2D eigenvalue weighted by molar-refractivity contribution is 5.56. The molecule has 1 heterocycles. The second-order valence-electron chi connectivity index (χ2n) is 3.31. The maximum absolute atomic E-state index is 4.15. The molecule has 13 heavy (non-hydrogen) atoms. The lowest BCUT2D eigenvalue weighted by atomic mass is 10.0. The lowest BCUT2D eigenvalue weighted by Crippen LogP contribution is -2.29. The Kier molecular flexibility index (Phi) is 3.02.